The summed E-state index contributed by atoms with van der Waals surface area (Å²) in [5, 5.41) is 2.25. The molecule has 1 amide bonds. The van der Waals surface area contributed by atoms with Crippen molar-refractivity contribution in [1.82, 2.24) is 4.90 Å². The summed E-state index contributed by atoms with van der Waals surface area (Å²) in [6.45, 7) is 6.50. The van der Waals surface area contributed by atoms with Crippen molar-refractivity contribution in [3.63, 3.8) is 0 Å². The van der Waals surface area contributed by atoms with E-state index in [1.165, 1.54) is 5.69 Å². The molecule has 1 aliphatic heterocycles. The van der Waals surface area contributed by atoms with Crippen molar-refractivity contribution in [2.75, 3.05) is 31.1 Å². The maximum absolute atomic E-state index is 13.1. The fourth-order valence-corrected chi connectivity index (χ4v) is 4.51. The molecule has 0 spiro atoms. The lowest BCUT2D eigenvalue weighted by Crippen LogP contribution is -2.52. The normalized spacial score (nSPS) is 15.1. The number of carbonyl (C=O) groups excluding carboxylic acids is 1. The number of ether oxygens (including phenoxy) is 1. The fourth-order valence-electron chi connectivity index (χ4n) is 4.51. The highest BCUT2D eigenvalue weighted by molar-refractivity contribution is 6.05. The van der Waals surface area contributed by atoms with E-state index in [4.69, 9.17) is 9.15 Å². The second-order valence-electron chi connectivity index (χ2n) is 8.41. The third kappa shape index (κ3) is 3.93. The van der Waals surface area contributed by atoms with Crippen molar-refractivity contribution < 1.29 is 13.9 Å². The zero-order chi connectivity index (χ0) is 22.9. The Hall–Kier alpha value is -3.80. The van der Waals surface area contributed by atoms with Gasteiger partial charge in [0.1, 0.15) is 11.3 Å². The molecule has 5 rings (SSSR count). The average Bonchev–Trinajstić information content (AvgIpc) is 2.86. The molecule has 4 aromatic rings. The van der Waals surface area contributed by atoms with Crippen LogP contribution < -0.4 is 15.3 Å². The minimum Gasteiger partial charge on any atom is -0.480 e. The summed E-state index contributed by atoms with van der Waals surface area (Å²) in [7, 11) is 0. The molecule has 0 radical (unpaired) electrons. The molecule has 3 aromatic carbocycles. The van der Waals surface area contributed by atoms with Gasteiger partial charge in [-0.1, -0.05) is 36.4 Å². The first kappa shape index (κ1) is 21.1. The Labute approximate surface area is 192 Å². The van der Waals surface area contributed by atoms with Crippen molar-refractivity contribution >= 4 is 33.3 Å². The number of aryl methyl sites for hydroxylation is 1. The molecule has 1 aromatic heterocycles. The monoisotopic (exact) mass is 442 g/mol. The molecule has 6 nitrogen and oxygen atoms in total. The van der Waals surface area contributed by atoms with Gasteiger partial charge in [-0.15, -0.1) is 0 Å². The zero-order valence-corrected chi connectivity index (χ0v) is 18.8. The number of nitrogens with zero attached hydrogens (tertiary/aromatic N) is 2. The summed E-state index contributed by atoms with van der Waals surface area (Å²) in [6, 6.07) is 21.4. The second-order valence-corrected chi connectivity index (χ2v) is 8.41. The van der Waals surface area contributed by atoms with Gasteiger partial charge in [0, 0.05) is 42.8 Å². The van der Waals surface area contributed by atoms with Crippen molar-refractivity contribution in [3.8, 4) is 5.75 Å². The molecule has 0 bridgehead atoms. The van der Waals surface area contributed by atoms with Gasteiger partial charge in [0.2, 0.25) is 0 Å². The third-order valence-corrected chi connectivity index (χ3v) is 6.35. The first-order valence-corrected chi connectivity index (χ1v) is 11.2. The van der Waals surface area contributed by atoms with Crippen LogP contribution in [-0.2, 0) is 4.79 Å². The second kappa shape index (κ2) is 8.62. The van der Waals surface area contributed by atoms with Gasteiger partial charge in [0.05, 0.1) is 5.39 Å². The summed E-state index contributed by atoms with van der Waals surface area (Å²) in [6.07, 6.45) is -0.642. The number of anilines is 1. The molecule has 168 valence electrons. The summed E-state index contributed by atoms with van der Waals surface area (Å²) in [4.78, 5) is 29.7. The molecule has 33 heavy (non-hydrogen) atoms. The molecule has 1 unspecified atom stereocenters. The van der Waals surface area contributed by atoms with Crippen molar-refractivity contribution in [1.29, 1.82) is 0 Å². The van der Waals surface area contributed by atoms with Crippen LogP contribution in [0.2, 0.25) is 0 Å². The smallest absolute Gasteiger partial charge is 0.344 e. The standard InChI is InChI=1S/C27H26N2O4/c1-18-24(13-12-22-21-10-6-7-11-23(21)27(31)33-25(18)22)32-19(2)26(30)29-16-14-28(15-17-29)20-8-4-3-5-9-20/h3-13,19H,14-17H2,1-2H3. The SMILES string of the molecule is Cc1c(OC(C)C(=O)N2CCN(c3ccccc3)CC2)ccc2c1oc(=O)c1ccccc12. The number of piperazine rings is 1. The largest absolute Gasteiger partial charge is 0.480 e. The molecule has 1 saturated heterocycles. The molecule has 1 fully saturated rings. The first-order chi connectivity index (χ1) is 16.0. The highest BCUT2D eigenvalue weighted by Crippen LogP contribution is 2.31. The lowest BCUT2D eigenvalue weighted by Gasteiger charge is -2.37. The summed E-state index contributed by atoms with van der Waals surface area (Å²) in [5.74, 6) is 0.506. The van der Waals surface area contributed by atoms with E-state index in [-0.39, 0.29) is 11.5 Å². The zero-order valence-electron chi connectivity index (χ0n) is 18.8. The van der Waals surface area contributed by atoms with E-state index in [9.17, 15) is 9.59 Å². The van der Waals surface area contributed by atoms with Gasteiger partial charge in [-0.2, -0.15) is 0 Å². The van der Waals surface area contributed by atoms with Gasteiger partial charge < -0.3 is 19.0 Å². The Balaban J connectivity index is 1.32. The van der Waals surface area contributed by atoms with Crippen LogP contribution in [0.15, 0.2) is 75.9 Å². The maximum atomic E-state index is 13.1. The van der Waals surface area contributed by atoms with Crippen molar-refractivity contribution in [2.45, 2.75) is 20.0 Å². The van der Waals surface area contributed by atoms with Crippen molar-refractivity contribution in [2.24, 2.45) is 0 Å². The van der Waals surface area contributed by atoms with Crippen LogP contribution in [-0.4, -0.2) is 43.1 Å². The molecule has 0 saturated carbocycles. The molecule has 1 aliphatic rings. The lowest BCUT2D eigenvalue weighted by molar-refractivity contribution is -0.138. The summed E-state index contributed by atoms with van der Waals surface area (Å²) < 4.78 is 11.7. The van der Waals surface area contributed by atoms with Gasteiger partial charge >= 0.3 is 5.63 Å². The maximum Gasteiger partial charge on any atom is 0.344 e. The van der Waals surface area contributed by atoms with Crippen LogP contribution in [0.1, 0.15) is 12.5 Å². The van der Waals surface area contributed by atoms with Gasteiger partial charge in [-0.25, -0.2) is 4.79 Å². The minimum absolute atomic E-state index is 0.0397. The van der Waals surface area contributed by atoms with Gasteiger partial charge in [-0.3, -0.25) is 4.79 Å². The van der Waals surface area contributed by atoms with E-state index in [1.807, 2.05) is 60.4 Å². The van der Waals surface area contributed by atoms with E-state index < -0.39 is 6.10 Å². The van der Waals surface area contributed by atoms with Gasteiger partial charge in [0.15, 0.2) is 6.10 Å². The van der Waals surface area contributed by atoms with E-state index in [0.717, 1.165) is 23.9 Å². The van der Waals surface area contributed by atoms with E-state index >= 15 is 0 Å². The van der Waals surface area contributed by atoms with E-state index in [1.54, 1.807) is 13.0 Å². The number of para-hydroxylation sites is 1. The summed E-state index contributed by atoms with van der Waals surface area (Å²) in [5.41, 5.74) is 2.00. The molecular weight excluding hydrogens is 416 g/mol. The van der Waals surface area contributed by atoms with Crippen LogP contribution in [0.5, 0.6) is 5.75 Å². The van der Waals surface area contributed by atoms with Crippen LogP contribution in [0.3, 0.4) is 0 Å². The van der Waals surface area contributed by atoms with E-state index in [2.05, 4.69) is 17.0 Å². The number of benzene rings is 3. The Morgan fingerprint density at radius 1 is 0.879 bits per heavy atom. The summed E-state index contributed by atoms with van der Waals surface area (Å²) >= 11 is 0. The van der Waals surface area contributed by atoms with Crippen LogP contribution in [0.25, 0.3) is 21.7 Å². The van der Waals surface area contributed by atoms with E-state index in [0.29, 0.717) is 35.4 Å². The number of rotatable bonds is 4. The molecule has 2 heterocycles. The Kier molecular flexibility index (Phi) is 5.50. The molecule has 0 aliphatic carbocycles. The number of fused-ring (bicyclic) bond motifs is 3. The molecular formula is C27H26N2O4. The molecule has 1 atom stereocenters. The Bertz CT molecular complexity index is 1370. The Morgan fingerprint density at radius 3 is 2.27 bits per heavy atom. The fraction of sp³-hybridized carbons (Fsp3) is 0.259. The molecule has 0 N–H and O–H groups in total. The quantitative estimate of drug-likeness (QED) is 0.347. The minimum atomic E-state index is -0.642. The Morgan fingerprint density at radius 2 is 1.55 bits per heavy atom. The van der Waals surface area contributed by atoms with Gasteiger partial charge in [-0.05, 0) is 49.6 Å². The third-order valence-electron chi connectivity index (χ3n) is 6.35. The number of hydrogen-bond donors (Lipinski definition) is 0. The predicted octanol–water partition coefficient (Wildman–Crippen LogP) is 4.37. The highest BCUT2D eigenvalue weighted by atomic mass is 16.5. The number of carbonyl (C=O) groups is 1. The van der Waals surface area contributed by atoms with Crippen LogP contribution in [0, 0.1) is 6.92 Å². The predicted molar refractivity (Wildman–Crippen MR) is 130 cm³/mol. The number of amides is 1. The average molecular weight is 443 g/mol. The van der Waals surface area contributed by atoms with Crippen LogP contribution >= 0.6 is 0 Å². The molecule has 6 heteroatoms. The topological polar surface area (TPSA) is 63.0 Å². The highest BCUT2D eigenvalue weighted by Gasteiger charge is 2.27. The first-order valence-electron chi connectivity index (χ1n) is 11.2. The van der Waals surface area contributed by atoms with Gasteiger partial charge in [0.25, 0.3) is 5.91 Å². The van der Waals surface area contributed by atoms with Crippen LogP contribution in [0.4, 0.5) is 5.69 Å². The van der Waals surface area contributed by atoms with Crippen molar-refractivity contribution in [3.05, 3.63) is 82.7 Å². The number of hydrogen-bond acceptors (Lipinski definition) is 5. The lowest BCUT2D eigenvalue weighted by atomic mass is 10.0.